The van der Waals surface area contributed by atoms with Crippen molar-refractivity contribution in [3.8, 4) is 0 Å². The van der Waals surface area contributed by atoms with Gasteiger partial charge >= 0.3 is 65.3 Å². The summed E-state index contributed by atoms with van der Waals surface area (Å²) in [7, 11) is 5.61. The SMILES string of the molecule is C=C(C)C(C)C[I-]Cl. The van der Waals surface area contributed by atoms with E-state index < -0.39 is 0 Å². The Bertz CT molecular complexity index is 80.6. The fourth-order valence-corrected chi connectivity index (χ4v) is 2.64. The van der Waals surface area contributed by atoms with Crippen LogP contribution in [0.25, 0.3) is 0 Å². The quantitative estimate of drug-likeness (QED) is 0.355. The molecule has 0 spiro atoms. The van der Waals surface area contributed by atoms with Gasteiger partial charge in [0.1, 0.15) is 0 Å². The molecule has 0 saturated carbocycles. The minimum absolute atomic E-state index is 0.0550. The van der Waals surface area contributed by atoms with Crippen LogP contribution in [-0.2, 0) is 0 Å². The Morgan fingerprint density at radius 1 is 1.88 bits per heavy atom. The summed E-state index contributed by atoms with van der Waals surface area (Å²) in [6, 6.07) is 0. The van der Waals surface area contributed by atoms with Crippen molar-refractivity contribution < 1.29 is 20.1 Å². The molecule has 50 valence electrons. The maximum absolute atomic E-state index is 5.61. The Morgan fingerprint density at radius 2 is 2.38 bits per heavy atom. The van der Waals surface area contributed by atoms with Gasteiger partial charge in [0.25, 0.3) is 0 Å². The number of rotatable bonds is 3. The summed E-state index contributed by atoms with van der Waals surface area (Å²) in [5.74, 6) is 0.639. The van der Waals surface area contributed by atoms with Gasteiger partial charge in [-0.3, -0.25) is 0 Å². The average Bonchev–Trinajstić information content (AvgIpc) is 1.67. The number of hydrogen-bond donors (Lipinski definition) is 0. The van der Waals surface area contributed by atoms with Gasteiger partial charge in [0.2, 0.25) is 0 Å². The van der Waals surface area contributed by atoms with E-state index in [0.29, 0.717) is 5.92 Å². The van der Waals surface area contributed by atoms with Crippen LogP contribution in [0.3, 0.4) is 0 Å². The van der Waals surface area contributed by atoms with Crippen molar-refractivity contribution in [1.82, 2.24) is 0 Å². The first kappa shape index (κ1) is 8.76. The molecule has 0 nitrogen and oxygen atoms in total. The van der Waals surface area contributed by atoms with E-state index >= 15 is 0 Å². The second-order valence-corrected chi connectivity index (χ2v) is 4.82. The first-order chi connectivity index (χ1) is 3.68. The van der Waals surface area contributed by atoms with Gasteiger partial charge in [-0.1, -0.05) is 0 Å². The first-order valence-corrected chi connectivity index (χ1v) is 6.80. The monoisotopic (exact) mass is 245 g/mol. The summed E-state index contributed by atoms with van der Waals surface area (Å²) in [4.78, 5) is 0. The number of hydrogen-bond acceptors (Lipinski definition) is 0. The van der Waals surface area contributed by atoms with Crippen LogP contribution in [0.15, 0.2) is 12.2 Å². The van der Waals surface area contributed by atoms with Gasteiger partial charge in [-0.05, 0) is 0 Å². The molecule has 0 saturated heterocycles. The summed E-state index contributed by atoms with van der Waals surface area (Å²) in [5.41, 5.74) is 1.25. The van der Waals surface area contributed by atoms with Gasteiger partial charge in [0.15, 0.2) is 0 Å². The van der Waals surface area contributed by atoms with Crippen LogP contribution >= 0.6 is 8.91 Å². The molecule has 1 unspecified atom stereocenters. The van der Waals surface area contributed by atoms with Crippen LogP contribution in [0.2, 0.25) is 0 Å². The van der Waals surface area contributed by atoms with E-state index in [9.17, 15) is 0 Å². The molecular weight excluding hydrogens is 234 g/mol. The van der Waals surface area contributed by atoms with E-state index in [1.54, 1.807) is 0 Å². The molecule has 1 atom stereocenters. The molecule has 2 heteroatoms. The third-order valence-electron chi connectivity index (χ3n) is 1.13. The molecule has 0 aliphatic carbocycles. The average molecular weight is 246 g/mol. The molecule has 8 heavy (non-hydrogen) atoms. The summed E-state index contributed by atoms with van der Waals surface area (Å²) in [6.45, 7) is 8.06. The molecular formula is C6H11ClI-. The zero-order valence-corrected chi connectivity index (χ0v) is 8.16. The van der Waals surface area contributed by atoms with E-state index in [1.807, 2.05) is 0 Å². The predicted octanol–water partition coefficient (Wildman–Crippen LogP) is -0.559. The number of alkyl halides is 1. The Hall–Kier alpha value is 0.760. The van der Waals surface area contributed by atoms with Crippen LogP contribution in [0.5, 0.6) is 0 Å². The van der Waals surface area contributed by atoms with Crippen molar-refractivity contribution in [2.45, 2.75) is 13.8 Å². The van der Waals surface area contributed by atoms with E-state index in [2.05, 4.69) is 20.4 Å². The number of allylic oxidation sites excluding steroid dienone is 1. The predicted molar refractivity (Wildman–Crippen MR) is 34.7 cm³/mol. The molecule has 0 bridgehead atoms. The molecule has 0 radical (unpaired) electrons. The van der Waals surface area contributed by atoms with Crippen molar-refractivity contribution in [3.63, 3.8) is 0 Å². The molecule has 0 heterocycles. The van der Waals surface area contributed by atoms with Crippen molar-refractivity contribution >= 4 is 8.91 Å². The van der Waals surface area contributed by atoms with Crippen LogP contribution in [0, 0.1) is 5.92 Å². The summed E-state index contributed by atoms with van der Waals surface area (Å²) >= 11 is -0.0550. The molecule has 0 aliphatic heterocycles. The fourth-order valence-electron chi connectivity index (χ4n) is 0.219. The van der Waals surface area contributed by atoms with Gasteiger partial charge in [-0.2, -0.15) is 0 Å². The van der Waals surface area contributed by atoms with E-state index in [4.69, 9.17) is 8.91 Å². The molecule has 0 fully saturated rings. The molecule has 0 amide bonds. The van der Waals surface area contributed by atoms with E-state index in [0.717, 1.165) is 4.43 Å². The van der Waals surface area contributed by atoms with Gasteiger partial charge in [-0.25, -0.2) is 0 Å². The maximum atomic E-state index is 5.61. The molecule has 0 N–H and O–H groups in total. The van der Waals surface area contributed by atoms with Gasteiger partial charge in [0.05, 0.1) is 0 Å². The summed E-state index contributed by atoms with van der Waals surface area (Å²) in [5, 5.41) is 0. The van der Waals surface area contributed by atoms with Gasteiger partial charge in [0, 0.05) is 0 Å². The Kier molecular flexibility index (Phi) is 5.06. The Labute approximate surface area is 65.3 Å². The third-order valence-corrected chi connectivity index (χ3v) is 3.57. The zero-order chi connectivity index (χ0) is 6.57. The Balaban J connectivity index is 3.32. The fraction of sp³-hybridized carbons (Fsp3) is 0.667. The molecule has 0 aromatic rings. The summed E-state index contributed by atoms with van der Waals surface area (Å²) in [6.07, 6.45) is 0. The van der Waals surface area contributed by atoms with Crippen molar-refractivity contribution in [3.05, 3.63) is 12.2 Å². The zero-order valence-electron chi connectivity index (χ0n) is 5.25. The van der Waals surface area contributed by atoms with Crippen molar-refractivity contribution in [2.75, 3.05) is 4.43 Å². The number of halogens is 2. The normalized spacial score (nSPS) is 13.9. The van der Waals surface area contributed by atoms with E-state index in [1.165, 1.54) is 5.57 Å². The van der Waals surface area contributed by atoms with E-state index in [-0.39, 0.29) is 20.1 Å². The second-order valence-electron chi connectivity index (χ2n) is 2.00. The molecule has 0 aromatic heterocycles. The van der Waals surface area contributed by atoms with Crippen LogP contribution in [-0.4, -0.2) is 4.43 Å². The van der Waals surface area contributed by atoms with Crippen LogP contribution in [0.4, 0.5) is 0 Å². The van der Waals surface area contributed by atoms with Gasteiger partial charge < -0.3 is 0 Å². The van der Waals surface area contributed by atoms with Gasteiger partial charge in [-0.15, -0.1) is 0 Å². The van der Waals surface area contributed by atoms with Crippen LogP contribution in [0.1, 0.15) is 13.8 Å². The summed E-state index contributed by atoms with van der Waals surface area (Å²) < 4.78 is 1.16. The Morgan fingerprint density at radius 3 is 2.50 bits per heavy atom. The first-order valence-electron chi connectivity index (χ1n) is 2.54. The second kappa shape index (κ2) is 4.62. The standard InChI is InChI=1S/C6H11ClI/c1-5(2)6(3)4-8-7/h6H,1,4H2,2-3H3/q-1. The topological polar surface area (TPSA) is 0 Å². The molecule has 0 rings (SSSR count). The van der Waals surface area contributed by atoms with Crippen LogP contribution < -0.4 is 20.1 Å². The minimum atomic E-state index is -0.0550. The van der Waals surface area contributed by atoms with Crippen molar-refractivity contribution in [1.29, 1.82) is 0 Å². The van der Waals surface area contributed by atoms with Crippen molar-refractivity contribution in [2.24, 2.45) is 5.92 Å². The third kappa shape index (κ3) is 3.72. The molecule has 0 aliphatic rings. The molecule has 0 aromatic carbocycles.